The summed E-state index contributed by atoms with van der Waals surface area (Å²) in [6.45, 7) is 0. The molecule has 1 aromatic carbocycles. The first-order valence-electron chi connectivity index (χ1n) is 6.34. The number of nitrogens with zero attached hydrogens (tertiary/aromatic N) is 2. The molecule has 2 N–H and O–H groups in total. The normalized spacial score (nSPS) is 15.0. The van der Waals surface area contributed by atoms with E-state index in [0.717, 1.165) is 25.0 Å². The number of nitrogens with one attached hydrogen (secondary N) is 2. The monoisotopic (exact) mass is 296 g/mol. The van der Waals surface area contributed by atoms with E-state index in [1.165, 1.54) is 12.1 Å². The Morgan fingerprint density at radius 1 is 1.24 bits per heavy atom. The molecule has 0 bridgehead atoms. The molecule has 0 saturated heterocycles. The van der Waals surface area contributed by atoms with Gasteiger partial charge in [0.05, 0.1) is 5.56 Å². The van der Waals surface area contributed by atoms with Crippen molar-refractivity contribution in [2.24, 2.45) is 0 Å². The number of halogens is 3. The summed E-state index contributed by atoms with van der Waals surface area (Å²) in [5.74, 6) is 0.437. The quantitative estimate of drug-likeness (QED) is 0.914. The van der Waals surface area contributed by atoms with Gasteiger partial charge in [0.1, 0.15) is 5.82 Å². The van der Waals surface area contributed by atoms with Gasteiger partial charge >= 0.3 is 6.18 Å². The molecule has 2 aromatic rings. The fraction of sp³-hybridized carbons (Fsp3) is 0.308. The number of carbonyl (C=O) groups excluding carboxylic acids is 1. The van der Waals surface area contributed by atoms with Crippen molar-refractivity contribution in [1.29, 1.82) is 0 Å². The van der Waals surface area contributed by atoms with E-state index in [-0.39, 0.29) is 11.5 Å². The molecule has 110 valence electrons. The van der Waals surface area contributed by atoms with Crippen LogP contribution in [0.1, 0.15) is 40.8 Å². The third-order valence-corrected chi connectivity index (χ3v) is 3.14. The van der Waals surface area contributed by atoms with Crippen molar-refractivity contribution in [1.82, 2.24) is 15.2 Å². The third-order valence-electron chi connectivity index (χ3n) is 3.14. The highest BCUT2D eigenvalue weighted by atomic mass is 19.4. The van der Waals surface area contributed by atoms with E-state index in [9.17, 15) is 18.0 Å². The average molecular weight is 296 g/mol. The molecule has 0 spiro atoms. The minimum atomic E-state index is -4.40. The van der Waals surface area contributed by atoms with E-state index in [1.54, 1.807) is 0 Å². The third kappa shape index (κ3) is 3.04. The lowest BCUT2D eigenvalue weighted by molar-refractivity contribution is -0.137. The largest absolute Gasteiger partial charge is 0.416 e. The van der Waals surface area contributed by atoms with Crippen LogP contribution in [-0.4, -0.2) is 21.1 Å². The maximum atomic E-state index is 12.4. The molecule has 0 unspecified atom stereocenters. The van der Waals surface area contributed by atoms with Crippen LogP contribution in [0.5, 0.6) is 0 Å². The van der Waals surface area contributed by atoms with Crippen LogP contribution in [0.2, 0.25) is 0 Å². The highest BCUT2D eigenvalue weighted by Gasteiger charge is 2.30. The van der Waals surface area contributed by atoms with Gasteiger partial charge in [0.25, 0.3) is 5.91 Å². The van der Waals surface area contributed by atoms with E-state index in [1.807, 2.05) is 0 Å². The second kappa shape index (κ2) is 4.87. The van der Waals surface area contributed by atoms with Gasteiger partial charge in [-0.15, -0.1) is 5.10 Å². The molecule has 0 atom stereocenters. The van der Waals surface area contributed by atoms with Gasteiger partial charge in [0.2, 0.25) is 5.82 Å². The van der Waals surface area contributed by atoms with Gasteiger partial charge in [-0.1, -0.05) is 0 Å². The molecule has 1 aliphatic rings. The standard InChI is InChI=1S/C13H11F3N4O/c14-13(15,16)8-3-5-9(6-4-8)17-12(21)11-18-10(19-20-11)7-1-2-7/h3-7H,1-2H2,(H,17,21)(H,18,19,20). The number of alkyl halides is 3. The van der Waals surface area contributed by atoms with Crippen LogP contribution in [0, 0.1) is 0 Å². The van der Waals surface area contributed by atoms with Crippen LogP contribution in [0.4, 0.5) is 18.9 Å². The first-order valence-corrected chi connectivity index (χ1v) is 6.34. The topological polar surface area (TPSA) is 70.7 Å². The summed E-state index contributed by atoms with van der Waals surface area (Å²) >= 11 is 0. The number of H-pyrrole nitrogens is 1. The molecule has 1 heterocycles. The van der Waals surface area contributed by atoms with Gasteiger partial charge in [-0.2, -0.15) is 13.2 Å². The van der Waals surface area contributed by atoms with Crippen LogP contribution in [0.3, 0.4) is 0 Å². The minimum Gasteiger partial charge on any atom is -0.319 e. The van der Waals surface area contributed by atoms with Crippen LogP contribution >= 0.6 is 0 Å². The van der Waals surface area contributed by atoms with Gasteiger partial charge in [0.15, 0.2) is 0 Å². The zero-order valence-corrected chi connectivity index (χ0v) is 10.7. The summed E-state index contributed by atoms with van der Waals surface area (Å²) < 4.78 is 37.3. The number of hydrogen-bond acceptors (Lipinski definition) is 3. The minimum absolute atomic E-state index is 0.0169. The number of amides is 1. The van der Waals surface area contributed by atoms with Crippen molar-refractivity contribution >= 4 is 11.6 Å². The van der Waals surface area contributed by atoms with E-state index in [2.05, 4.69) is 20.5 Å². The van der Waals surface area contributed by atoms with Gasteiger partial charge in [0, 0.05) is 11.6 Å². The molecule has 1 amide bonds. The highest BCUT2D eigenvalue weighted by Crippen LogP contribution is 2.37. The Bertz CT molecular complexity index is 659. The summed E-state index contributed by atoms with van der Waals surface area (Å²) in [7, 11) is 0. The predicted octanol–water partition coefficient (Wildman–Crippen LogP) is 2.95. The van der Waals surface area contributed by atoms with E-state index in [4.69, 9.17) is 0 Å². The van der Waals surface area contributed by atoms with E-state index < -0.39 is 17.6 Å². The fourth-order valence-corrected chi connectivity index (χ4v) is 1.84. The Labute approximate surface area is 117 Å². The smallest absolute Gasteiger partial charge is 0.319 e. The van der Waals surface area contributed by atoms with Crippen LogP contribution < -0.4 is 5.32 Å². The zero-order chi connectivity index (χ0) is 15.0. The summed E-state index contributed by atoms with van der Waals surface area (Å²) in [6.07, 6.45) is -2.35. The van der Waals surface area contributed by atoms with Crippen molar-refractivity contribution in [2.45, 2.75) is 24.9 Å². The van der Waals surface area contributed by atoms with Crippen LogP contribution in [0.15, 0.2) is 24.3 Å². The molecule has 1 saturated carbocycles. The molecule has 8 heteroatoms. The SMILES string of the molecule is O=C(Nc1ccc(C(F)(F)F)cc1)c1n[nH]c(C2CC2)n1. The number of aromatic nitrogens is 3. The molecule has 3 rings (SSSR count). The molecule has 1 aliphatic carbocycles. The van der Waals surface area contributed by atoms with Crippen molar-refractivity contribution < 1.29 is 18.0 Å². The van der Waals surface area contributed by atoms with Crippen molar-refractivity contribution in [2.75, 3.05) is 5.32 Å². The van der Waals surface area contributed by atoms with Crippen molar-refractivity contribution in [3.05, 3.63) is 41.5 Å². The fourth-order valence-electron chi connectivity index (χ4n) is 1.84. The summed E-state index contributed by atoms with van der Waals surface area (Å²) in [6, 6.07) is 4.19. The molecule has 5 nitrogen and oxygen atoms in total. The first kappa shape index (κ1) is 13.6. The second-order valence-corrected chi connectivity index (χ2v) is 4.85. The lowest BCUT2D eigenvalue weighted by Gasteiger charge is -2.07. The Morgan fingerprint density at radius 3 is 2.48 bits per heavy atom. The maximum absolute atomic E-state index is 12.4. The molecule has 0 radical (unpaired) electrons. The molecule has 21 heavy (non-hydrogen) atoms. The molecule has 1 aromatic heterocycles. The Morgan fingerprint density at radius 2 is 1.90 bits per heavy atom. The lowest BCUT2D eigenvalue weighted by atomic mass is 10.2. The van der Waals surface area contributed by atoms with Crippen LogP contribution in [-0.2, 0) is 6.18 Å². The van der Waals surface area contributed by atoms with Gasteiger partial charge in [-0.25, -0.2) is 4.98 Å². The van der Waals surface area contributed by atoms with E-state index >= 15 is 0 Å². The summed E-state index contributed by atoms with van der Waals surface area (Å²) in [5, 5.41) is 8.95. The number of hydrogen-bond donors (Lipinski definition) is 2. The van der Waals surface area contributed by atoms with Gasteiger partial charge in [-0.3, -0.25) is 9.89 Å². The molecule has 0 aliphatic heterocycles. The molecular formula is C13H11F3N4O. The number of anilines is 1. The maximum Gasteiger partial charge on any atom is 0.416 e. The second-order valence-electron chi connectivity index (χ2n) is 4.85. The lowest BCUT2D eigenvalue weighted by Crippen LogP contribution is -2.14. The Hall–Kier alpha value is -2.38. The molecule has 1 fully saturated rings. The van der Waals surface area contributed by atoms with Crippen LogP contribution in [0.25, 0.3) is 0 Å². The summed E-state index contributed by atoms with van der Waals surface area (Å²) in [4.78, 5) is 15.9. The zero-order valence-electron chi connectivity index (χ0n) is 10.7. The molecular weight excluding hydrogens is 285 g/mol. The van der Waals surface area contributed by atoms with Gasteiger partial charge in [-0.05, 0) is 37.1 Å². The Kier molecular flexibility index (Phi) is 3.15. The van der Waals surface area contributed by atoms with Gasteiger partial charge < -0.3 is 5.32 Å². The number of carbonyl (C=O) groups is 1. The van der Waals surface area contributed by atoms with E-state index in [0.29, 0.717) is 11.7 Å². The average Bonchev–Trinajstić information content (AvgIpc) is 3.16. The van der Waals surface area contributed by atoms with Crippen molar-refractivity contribution in [3.8, 4) is 0 Å². The first-order chi connectivity index (χ1) is 9.93. The number of rotatable bonds is 3. The highest BCUT2D eigenvalue weighted by molar-refractivity contribution is 6.01. The number of aromatic amines is 1. The number of benzene rings is 1. The predicted molar refractivity (Wildman–Crippen MR) is 67.8 cm³/mol. The Balaban J connectivity index is 1.68. The summed E-state index contributed by atoms with van der Waals surface area (Å²) in [5.41, 5.74) is -0.514. The van der Waals surface area contributed by atoms with Crippen molar-refractivity contribution in [3.63, 3.8) is 0 Å².